The van der Waals surface area contributed by atoms with E-state index in [4.69, 9.17) is 16.3 Å². The molecule has 24 heavy (non-hydrogen) atoms. The van der Waals surface area contributed by atoms with Gasteiger partial charge in [-0.3, -0.25) is 4.98 Å². The third kappa shape index (κ3) is 3.23. The maximum absolute atomic E-state index is 14.5. The van der Waals surface area contributed by atoms with Crippen LogP contribution in [0.3, 0.4) is 0 Å². The van der Waals surface area contributed by atoms with E-state index >= 15 is 0 Å². The molecule has 4 nitrogen and oxygen atoms in total. The molecule has 1 heterocycles. The number of benzene rings is 1. The Hall–Kier alpha value is -1.73. The normalized spacial score (nSPS) is 11.0. The third-order valence-corrected chi connectivity index (χ3v) is 4.65. The Morgan fingerprint density at radius 3 is 2.50 bits per heavy atom. The number of nitrogens with zero attached hydrogens (tertiary/aromatic N) is 1. The molecule has 0 saturated carbocycles. The van der Waals surface area contributed by atoms with Crippen LogP contribution in [0.1, 0.15) is 41.4 Å². The van der Waals surface area contributed by atoms with Gasteiger partial charge in [-0.2, -0.15) is 0 Å². The highest BCUT2D eigenvalue weighted by Gasteiger charge is 2.29. The summed E-state index contributed by atoms with van der Waals surface area (Å²) in [4.78, 5) is 15.6. The van der Waals surface area contributed by atoms with Crippen LogP contribution in [0, 0.1) is 18.6 Å². The SMILES string of the molecule is Cc1ccnc(C(C)C)c1Oc1c(F)c(Br)c(Cl)c(F)c1C(=O)O. The minimum Gasteiger partial charge on any atom is -0.477 e. The second-order valence-corrected chi connectivity index (χ2v) is 6.54. The molecule has 0 radical (unpaired) electrons. The Balaban J connectivity index is 2.74. The number of carboxylic acids is 1. The number of carboxylic acid groups (broad SMARTS) is 1. The molecule has 8 heteroatoms. The van der Waals surface area contributed by atoms with Crippen LogP contribution in [0.25, 0.3) is 0 Å². The highest BCUT2D eigenvalue weighted by Crippen LogP contribution is 2.42. The zero-order valence-corrected chi connectivity index (χ0v) is 15.3. The molecular formula is C16H13BrClF2NO3. The lowest BCUT2D eigenvalue weighted by Crippen LogP contribution is -2.09. The van der Waals surface area contributed by atoms with Crippen LogP contribution in [0.2, 0.25) is 5.02 Å². The highest BCUT2D eigenvalue weighted by atomic mass is 79.9. The molecule has 0 aliphatic carbocycles. The summed E-state index contributed by atoms with van der Waals surface area (Å²) in [5, 5.41) is 8.57. The van der Waals surface area contributed by atoms with Crippen molar-refractivity contribution in [2.24, 2.45) is 0 Å². The Morgan fingerprint density at radius 2 is 1.96 bits per heavy atom. The molecule has 0 spiro atoms. The molecule has 1 aromatic carbocycles. The Kier molecular flexibility index (Phi) is 5.45. The first-order chi connectivity index (χ1) is 11.2. The largest absolute Gasteiger partial charge is 0.477 e. The first-order valence-electron chi connectivity index (χ1n) is 6.89. The van der Waals surface area contributed by atoms with Crippen molar-refractivity contribution in [3.63, 3.8) is 0 Å². The molecule has 0 amide bonds. The minimum atomic E-state index is -1.69. The Morgan fingerprint density at radius 1 is 1.33 bits per heavy atom. The quantitative estimate of drug-likeness (QED) is 0.509. The van der Waals surface area contributed by atoms with Crippen molar-refractivity contribution in [3.8, 4) is 11.5 Å². The van der Waals surface area contributed by atoms with Gasteiger partial charge in [0, 0.05) is 6.20 Å². The smallest absolute Gasteiger partial charge is 0.342 e. The fraction of sp³-hybridized carbons (Fsp3) is 0.250. The van der Waals surface area contributed by atoms with Gasteiger partial charge in [0.25, 0.3) is 0 Å². The Bertz CT molecular complexity index is 828. The zero-order chi connectivity index (χ0) is 18.2. The molecule has 0 saturated heterocycles. The Labute approximate surface area is 150 Å². The molecule has 0 aliphatic heterocycles. The summed E-state index contributed by atoms with van der Waals surface area (Å²) < 4.78 is 33.8. The van der Waals surface area contributed by atoms with E-state index in [2.05, 4.69) is 20.9 Å². The van der Waals surface area contributed by atoms with Gasteiger partial charge in [-0.05, 0) is 40.4 Å². The predicted octanol–water partition coefficient (Wildman–Crippen LogP) is 5.70. The minimum absolute atomic E-state index is 0.0724. The second-order valence-electron chi connectivity index (χ2n) is 5.36. The van der Waals surface area contributed by atoms with Gasteiger partial charge in [0.2, 0.25) is 0 Å². The number of carbonyl (C=O) groups is 1. The highest BCUT2D eigenvalue weighted by molar-refractivity contribution is 9.10. The van der Waals surface area contributed by atoms with E-state index in [1.165, 1.54) is 0 Å². The molecule has 0 unspecified atom stereocenters. The van der Waals surface area contributed by atoms with Gasteiger partial charge >= 0.3 is 5.97 Å². The topological polar surface area (TPSA) is 59.4 Å². The van der Waals surface area contributed by atoms with Crippen LogP contribution in [-0.2, 0) is 0 Å². The first-order valence-corrected chi connectivity index (χ1v) is 8.06. The van der Waals surface area contributed by atoms with Crippen LogP contribution in [0.15, 0.2) is 16.7 Å². The van der Waals surface area contributed by atoms with Gasteiger partial charge in [-0.25, -0.2) is 13.6 Å². The zero-order valence-electron chi connectivity index (χ0n) is 13.0. The average molecular weight is 421 g/mol. The number of hydrogen-bond acceptors (Lipinski definition) is 3. The molecule has 2 rings (SSSR count). The number of rotatable bonds is 4. The van der Waals surface area contributed by atoms with Gasteiger partial charge in [0.15, 0.2) is 23.1 Å². The van der Waals surface area contributed by atoms with Gasteiger partial charge in [0.1, 0.15) is 5.56 Å². The number of halogens is 4. The van der Waals surface area contributed by atoms with E-state index < -0.39 is 38.4 Å². The average Bonchev–Trinajstić information content (AvgIpc) is 2.51. The molecule has 0 atom stereocenters. The summed E-state index contributed by atoms with van der Waals surface area (Å²) in [7, 11) is 0. The number of hydrogen-bond donors (Lipinski definition) is 1. The monoisotopic (exact) mass is 419 g/mol. The lowest BCUT2D eigenvalue weighted by Gasteiger charge is -2.18. The number of ether oxygens (including phenoxy) is 1. The molecule has 128 valence electrons. The van der Waals surface area contributed by atoms with Crippen molar-refractivity contribution >= 4 is 33.5 Å². The summed E-state index contributed by atoms with van der Waals surface area (Å²) in [6.45, 7) is 5.39. The molecule has 0 fully saturated rings. The van der Waals surface area contributed by atoms with Crippen LogP contribution < -0.4 is 4.74 Å². The number of aromatic carboxylic acids is 1. The van der Waals surface area contributed by atoms with E-state index in [0.717, 1.165) is 0 Å². The molecule has 2 aromatic rings. The van der Waals surface area contributed by atoms with Crippen LogP contribution >= 0.6 is 27.5 Å². The van der Waals surface area contributed by atoms with Crippen molar-refractivity contribution in [2.45, 2.75) is 26.7 Å². The maximum Gasteiger partial charge on any atom is 0.342 e. The molecule has 0 bridgehead atoms. The molecule has 0 aliphatic rings. The summed E-state index contributed by atoms with van der Waals surface area (Å²) in [6.07, 6.45) is 1.56. The number of pyridine rings is 1. The van der Waals surface area contributed by atoms with Crippen molar-refractivity contribution in [1.82, 2.24) is 4.98 Å². The second kappa shape index (κ2) is 7.03. The van der Waals surface area contributed by atoms with Crippen LogP contribution in [0.4, 0.5) is 8.78 Å². The van der Waals surface area contributed by atoms with E-state index in [0.29, 0.717) is 11.3 Å². The lowest BCUT2D eigenvalue weighted by molar-refractivity contribution is 0.0687. The predicted molar refractivity (Wildman–Crippen MR) is 89.2 cm³/mol. The van der Waals surface area contributed by atoms with Crippen molar-refractivity contribution < 1.29 is 23.4 Å². The van der Waals surface area contributed by atoms with Gasteiger partial charge in [0.05, 0.1) is 15.2 Å². The van der Waals surface area contributed by atoms with E-state index in [1.54, 1.807) is 19.2 Å². The maximum atomic E-state index is 14.5. The van der Waals surface area contributed by atoms with Crippen LogP contribution in [0.5, 0.6) is 11.5 Å². The lowest BCUT2D eigenvalue weighted by atomic mass is 10.1. The third-order valence-electron chi connectivity index (χ3n) is 3.32. The summed E-state index contributed by atoms with van der Waals surface area (Å²) >= 11 is 8.43. The summed E-state index contributed by atoms with van der Waals surface area (Å²) in [5.74, 6) is -4.71. The number of aromatic nitrogens is 1. The fourth-order valence-corrected chi connectivity index (χ4v) is 2.64. The van der Waals surface area contributed by atoms with E-state index in [-0.39, 0.29) is 11.7 Å². The van der Waals surface area contributed by atoms with Gasteiger partial charge in [-0.15, -0.1) is 0 Å². The summed E-state index contributed by atoms with van der Waals surface area (Å²) in [6, 6.07) is 1.63. The summed E-state index contributed by atoms with van der Waals surface area (Å²) in [5.41, 5.74) is 0.131. The van der Waals surface area contributed by atoms with E-state index in [9.17, 15) is 18.7 Å². The van der Waals surface area contributed by atoms with Crippen molar-refractivity contribution in [1.29, 1.82) is 0 Å². The molecule has 1 N–H and O–H groups in total. The van der Waals surface area contributed by atoms with Crippen molar-refractivity contribution in [2.75, 3.05) is 0 Å². The number of aryl methyl sites for hydroxylation is 1. The van der Waals surface area contributed by atoms with Crippen LogP contribution in [-0.4, -0.2) is 16.1 Å². The van der Waals surface area contributed by atoms with Gasteiger partial charge < -0.3 is 9.84 Å². The van der Waals surface area contributed by atoms with Gasteiger partial charge in [-0.1, -0.05) is 25.4 Å². The van der Waals surface area contributed by atoms with Crippen molar-refractivity contribution in [3.05, 3.63) is 50.2 Å². The van der Waals surface area contributed by atoms with E-state index in [1.807, 2.05) is 13.8 Å². The first kappa shape index (κ1) is 18.6. The molecule has 1 aromatic heterocycles. The fourth-order valence-electron chi connectivity index (χ4n) is 2.11. The molecular weight excluding hydrogens is 408 g/mol. The standard InChI is InChI=1S/C16H13BrClF2NO3/c1-6(2)13-14(7(3)4-5-21-13)24-15-8(16(22)23)11(19)10(18)9(17)12(15)20/h4-6H,1-3H3,(H,22,23).